The van der Waals surface area contributed by atoms with Gasteiger partial charge in [0.15, 0.2) is 0 Å². The van der Waals surface area contributed by atoms with Crippen LogP contribution in [0.4, 0.5) is 4.39 Å². The van der Waals surface area contributed by atoms with Gasteiger partial charge >= 0.3 is 0 Å². The molecule has 0 bridgehead atoms. The van der Waals surface area contributed by atoms with Crippen LogP contribution in [0.2, 0.25) is 0 Å². The van der Waals surface area contributed by atoms with Gasteiger partial charge < -0.3 is 4.57 Å². The highest BCUT2D eigenvalue weighted by Crippen LogP contribution is 2.27. The van der Waals surface area contributed by atoms with E-state index in [2.05, 4.69) is 0 Å². The summed E-state index contributed by atoms with van der Waals surface area (Å²) in [7, 11) is -3.93. The summed E-state index contributed by atoms with van der Waals surface area (Å²) in [5.74, 6) is -0.253. The van der Waals surface area contributed by atoms with E-state index in [1.807, 2.05) is 13.8 Å². The molecule has 0 radical (unpaired) electrons. The molecule has 1 heterocycles. The molecule has 0 saturated carbocycles. The molecule has 0 fully saturated rings. The third-order valence-corrected chi connectivity index (χ3v) is 3.61. The lowest BCUT2D eigenvalue weighted by Crippen LogP contribution is -2.12. The summed E-state index contributed by atoms with van der Waals surface area (Å²) in [4.78, 5) is -0.156. The van der Waals surface area contributed by atoms with Crippen LogP contribution in [-0.2, 0) is 16.6 Å². The summed E-state index contributed by atoms with van der Waals surface area (Å²) in [6.07, 6.45) is 1.41. The van der Waals surface area contributed by atoms with Crippen LogP contribution in [0.1, 0.15) is 13.8 Å². The van der Waals surface area contributed by atoms with Crippen molar-refractivity contribution >= 4 is 20.9 Å². The highest BCUT2D eigenvalue weighted by atomic mass is 32.2. The lowest BCUT2D eigenvalue weighted by Gasteiger charge is -2.07. The molecule has 0 amide bonds. The van der Waals surface area contributed by atoms with E-state index < -0.39 is 15.8 Å². The Hall–Kier alpha value is -1.40. The van der Waals surface area contributed by atoms with Gasteiger partial charge in [-0.15, -0.1) is 0 Å². The van der Waals surface area contributed by atoms with E-state index in [9.17, 15) is 12.8 Å². The molecule has 0 aliphatic rings. The van der Waals surface area contributed by atoms with Gasteiger partial charge in [0, 0.05) is 12.7 Å². The number of benzene rings is 1. The van der Waals surface area contributed by atoms with Crippen LogP contribution in [0.15, 0.2) is 29.3 Å². The van der Waals surface area contributed by atoms with Gasteiger partial charge in [0.2, 0.25) is 10.0 Å². The van der Waals surface area contributed by atoms with E-state index in [0.717, 1.165) is 0 Å². The first-order valence-electron chi connectivity index (χ1n) is 5.61. The molecule has 98 valence electrons. The quantitative estimate of drug-likeness (QED) is 0.928. The minimum atomic E-state index is -3.93. The Morgan fingerprint density at radius 1 is 1.39 bits per heavy atom. The zero-order valence-electron chi connectivity index (χ0n) is 10.2. The van der Waals surface area contributed by atoms with Gasteiger partial charge in [-0.05, 0) is 18.1 Å². The average Bonchev–Trinajstić information content (AvgIpc) is 2.57. The predicted molar refractivity (Wildman–Crippen MR) is 68.1 cm³/mol. The lowest BCUT2D eigenvalue weighted by atomic mass is 10.2. The summed E-state index contributed by atoms with van der Waals surface area (Å²) in [6, 6.07) is 4.48. The number of rotatable bonds is 3. The minimum absolute atomic E-state index is 0.0700. The standard InChI is InChI=1S/C12H15FN2O2S/c1-8(2)6-15-7-11(18(14,16)17)12-9(13)4-3-5-10(12)15/h3-5,7-8H,6H2,1-2H3,(H2,14,16,17). The number of primary sulfonamides is 1. The molecule has 0 saturated heterocycles. The van der Waals surface area contributed by atoms with Crippen LogP contribution in [0.5, 0.6) is 0 Å². The van der Waals surface area contributed by atoms with E-state index in [4.69, 9.17) is 5.14 Å². The number of hydrogen-bond acceptors (Lipinski definition) is 2. The Morgan fingerprint density at radius 3 is 2.61 bits per heavy atom. The number of nitrogens with two attached hydrogens (primary N) is 1. The van der Waals surface area contributed by atoms with Crippen molar-refractivity contribution in [1.29, 1.82) is 0 Å². The second-order valence-electron chi connectivity index (χ2n) is 4.72. The second kappa shape index (κ2) is 4.37. The van der Waals surface area contributed by atoms with Crippen molar-refractivity contribution in [3.63, 3.8) is 0 Å². The molecule has 2 aromatic rings. The zero-order chi connectivity index (χ0) is 13.5. The van der Waals surface area contributed by atoms with Gasteiger partial charge in [-0.1, -0.05) is 19.9 Å². The Morgan fingerprint density at radius 2 is 2.06 bits per heavy atom. The molecule has 2 rings (SSSR count). The van der Waals surface area contributed by atoms with Gasteiger partial charge in [0.1, 0.15) is 10.7 Å². The maximum Gasteiger partial charge on any atom is 0.240 e. The smallest absolute Gasteiger partial charge is 0.240 e. The molecule has 2 N–H and O–H groups in total. The highest BCUT2D eigenvalue weighted by molar-refractivity contribution is 7.89. The summed E-state index contributed by atoms with van der Waals surface area (Å²) < 4.78 is 38.5. The monoisotopic (exact) mass is 270 g/mol. The van der Waals surface area contributed by atoms with Gasteiger partial charge in [0.25, 0.3) is 0 Å². The largest absolute Gasteiger partial charge is 0.346 e. The third-order valence-electron chi connectivity index (χ3n) is 2.69. The molecular formula is C12H15FN2O2S. The van der Waals surface area contributed by atoms with Crippen molar-refractivity contribution in [3.05, 3.63) is 30.2 Å². The highest BCUT2D eigenvalue weighted by Gasteiger charge is 2.20. The number of sulfonamides is 1. The number of hydrogen-bond donors (Lipinski definition) is 1. The summed E-state index contributed by atoms with van der Waals surface area (Å²) in [5.41, 5.74) is 0.549. The fraction of sp³-hybridized carbons (Fsp3) is 0.333. The normalized spacial score (nSPS) is 12.5. The van der Waals surface area contributed by atoms with Crippen molar-refractivity contribution in [2.24, 2.45) is 11.1 Å². The Kier molecular flexibility index (Phi) is 3.16. The fourth-order valence-electron chi connectivity index (χ4n) is 2.03. The van der Waals surface area contributed by atoms with Crippen LogP contribution >= 0.6 is 0 Å². The van der Waals surface area contributed by atoms with Crippen molar-refractivity contribution in [3.8, 4) is 0 Å². The molecule has 0 unspecified atom stereocenters. The van der Waals surface area contributed by atoms with E-state index in [1.165, 1.54) is 12.3 Å². The molecule has 18 heavy (non-hydrogen) atoms. The third kappa shape index (κ3) is 2.26. The van der Waals surface area contributed by atoms with Crippen LogP contribution in [-0.4, -0.2) is 13.0 Å². The molecule has 0 aliphatic carbocycles. The summed E-state index contributed by atoms with van der Waals surface area (Å²) in [6.45, 7) is 4.61. The Labute approximate surface area is 105 Å². The molecule has 0 atom stereocenters. The van der Waals surface area contributed by atoms with Crippen LogP contribution in [0.3, 0.4) is 0 Å². The molecule has 1 aromatic carbocycles. The van der Waals surface area contributed by atoms with Crippen LogP contribution < -0.4 is 5.14 Å². The van der Waals surface area contributed by atoms with Crippen molar-refractivity contribution in [1.82, 2.24) is 4.57 Å². The lowest BCUT2D eigenvalue weighted by molar-refractivity contribution is 0.532. The first-order chi connectivity index (χ1) is 8.30. The van der Waals surface area contributed by atoms with E-state index in [-0.39, 0.29) is 10.3 Å². The zero-order valence-corrected chi connectivity index (χ0v) is 11.0. The second-order valence-corrected chi connectivity index (χ2v) is 6.25. The molecular weight excluding hydrogens is 255 g/mol. The van der Waals surface area contributed by atoms with Gasteiger partial charge in [0.05, 0.1) is 10.9 Å². The number of nitrogens with zero attached hydrogens (tertiary/aromatic N) is 1. The van der Waals surface area contributed by atoms with Crippen LogP contribution in [0.25, 0.3) is 10.9 Å². The fourth-order valence-corrected chi connectivity index (χ4v) is 2.79. The van der Waals surface area contributed by atoms with E-state index in [1.54, 1.807) is 16.7 Å². The maximum absolute atomic E-state index is 13.8. The van der Waals surface area contributed by atoms with Gasteiger partial charge in [-0.25, -0.2) is 17.9 Å². The van der Waals surface area contributed by atoms with E-state index >= 15 is 0 Å². The molecule has 0 spiro atoms. The Bertz CT molecular complexity index is 689. The Balaban J connectivity index is 2.80. The van der Waals surface area contributed by atoms with E-state index in [0.29, 0.717) is 18.0 Å². The van der Waals surface area contributed by atoms with Crippen LogP contribution in [0, 0.1) is 11.7 Å². The van der Waals surface area contributed by atoms with Crippen molar-refractivity contribution in [2.45, 2.75) is 25.3 Å². The summed E-state index contributed by atoms with van der Waals surface area (Å²) in [5, 5.41) is 5.20. The van der Waals surface area contributed by atoms with Crippen molar-refractivity contribution in [2.75, 3.05) is 0 Å². The van der Waals surface area contributed by atoms with Gasteiger partial charge in [-0.2, -0.15) is 0 Å². The first-order valence-corrected chi connectivity index (χ1v) is 7.15. The van der Waals surface area contributed by atoms with Gasteiger partial charge in [-0.3, -0.25) is 0 Å². The number of halogens is 1. The SMILES string of the molecule is CC(C)Cn1cc(S(N)(=O)=O)c2c(F)cccc21. The minimum Gasteiger partial charge on any atom is -0.346 e. The summed E-state index contributed by atoms with van der Waals surface area (Å²) >= 11 is 0. The molecule has 6 heteroatoms. The first kappa shape index (κ1) is 13.0. The maximum atomic E-state index is 13.8. The number of fused-ring (bicyclic) bond motifs is 1. The number of aromatic nitrogens is 1. The molecule has 1 aromatic heterocycles. The molecule has 0 aliphatic heterocycles. The van der Waals surface area contributed by atoms with Crippen molar-refractivity contribution < 1.29 is 12.8 Å². The topological polar surface area (TPSA) is 65.1 Å². The molecule has 4 nitrogen and oxygen atoms in total. The predicted octanol–water partition coefficient (Wildman–Crippen LogP) is 2.08. The average molecular weight is 270 g/mol.